The van der Waals surface area contributed by atoms with E-state index < -0.39 is 0 Å². The number of rotatable bonds is 6. The molecule has 0 radical (unpaired) electrons. The van der Waals surface area contributed by atoms with E-state index in [0.717, 1.165) is 24.1 Å². The molecule has 0 aliphatic heterocycles. The highest BCUT2D eigenvalue weighted by Gasteiger charge is 2.29. The van der Waals surface area contributed by atoms with Gasteiger partial charge in [-0.05, 0) is 55.2 Å². The Labute approximate surface area is 162 Å². The summed E-state index contributed by atoms with van der Waals surface area (Å²) in [6, 6.07) is 12.5. The summed E-state index contributed by atoms with van der Waals surface area (Å²) in [6.07, 6.45) is 2.07. The van der Waals surface area contributed by atoms with Crippen molar-refractivity contribution in [2.24, 2.45) is 5.92 Å². The van der Waals surface area contributed by atoms with E-state index >= 15 is 0 Å². The van der Waals surface area contributed by atoms with Gasteiger partial charge < -0.3 is 10.6 Å². The smallest absolute Gasteiger partial charge is 0.227 e. The highest BCUT2D eigenvalue weighted by atomic mass is 35.5. The molecule has 2 N–H and O–H groups in total. The number of carbonyl (C=O) groups is 2. The highest BCUT2D eigenvalue weighted by Crippen LogP contribution is 2.30. The quantitative estimate of drug-likeness (QED) is 0.746. The minimum absolute atomic E-state index is 0.0794. The Hall–Kier alpha value is -2.04. The van der Waals surface area contributed by atoms with Crippen molar-refractivity contribution in [2.75, 3.05) is 5.32 Å². The zero-order valence-corrected chi connectivity index (χ0v) is 15.9. The molecule has 4 nitrogen and oxygen atoms in total. The van der Waals surface area contributed by atoms with E-state index in [-0.39, 0.29) is 30.2 Å². The molecule has 0 spiro atoms. The number of halogens is 2. The van der Waals surface area contributed by atoms with Crippen LogP contribution in [0.5, 0.6) is 0 Å². The third-order valence-electron chi connectivity index (χ3n) is 4.40. The van der Waals surface area contributed by atoms with Gasteiger partial charge in [-0.15, -0.1) is 0 Å². The van der Waals surface area contributed by atoms with Gasteiger partial charge in [0.15, 0.2) is 0 Å². The number of benzene rings is 2. The maximum absolute atomic E-state index is 12.3. The zero-order valence-electron chi connectivity index (χ0n) is 14.4. The Morgan fingerprint density at radius 1 is 1.08 bits per heavy atom. The van der Waals surface area contributed by atoms with E-state index in [1.807, 2.05) is 31.2 Å². The van der Waals surface area contributed by atoms with E-state index in [1.54, 1.807) is 18.2 Å². The largest absolute Gasteiger partial charge is 0.349 e. The van der Waals surface area contributed by atoms with E-state index in [1.165, 1.54) is 0 Å². The van der Waals surface area contributed by atoms with Gasteiger partial charge in [0.1, 0.15) is 0 Å². The Kier molecular flexibility index (Phi) is 5.84. The lowest BCUT2D eigenvalue weighted by Crippen LogP contribution is -2.28. The number of hydrogen-bond donors (Lipinski definition) is 2. The summed E-state index contributed by atoms with van der Waals surface area (Å²) in [7, 11) is 0. The van der Waals surface area contributed by atoms with Crippen LogP contribution >= 0.6 is 23.2 Å². The summed E-state index contributed by atoms with van der Waals surface area (Å²) in [5, 5.41) is 6.81. The first kappa shape index (κ1) is 18.7. The van der Waals surface area contributed by atoms with Crippen LogP contribution in [0.3, 0.4) is 0 Å². The highest BCUT2D eigenvalue weighted by molar-refractivity contribution is 6.36. The molecule has 2 aromatic rings. The van der Waals surface area contributed by atoms with Crippen LogP contribution in [0.25, 0.3) is 0 Å². The van der Waals surface area contributed by atoms with Gasteiger partial charge >= 0.3 is 0 Å². The monoisotopic (exact) mass is 390 g/mol. The van der Waals surface area contributed by atoms with Gasteiger partial charge in [-0.2, -0.15) is 0 Å². The molecule has 0 heterocycles. The molecule has 0 bridgehead atoms. The Bertz CT molecular complexity index is 797. The van der Waals surface area contributed by atoms with Gasteiger partial charge in [-0.3, -0.25) is 9.59 Å². The summed E-state index contributed by atoms with van der Waals surface area (Å²) in [5.74, 6) is 0.0962. The van der Waals surface area contributed by atoms with Crippen LogP contribution in [-0.2, 0) is 16.0 Å². The lowest BCUT2D eigenvalue weighted by atomic mass is 10.1. The number of anilines is 1. The number of hydrogen-bond acceptors (Lipinski definition) is 2. The molecule has 136 valence electrons. The molecule has 0 saturated heterocycles. The topological polar surface area (TPSA) is 58.2 Å². The summed E-state index contributed by atoms with van der Waals surface area (Å²) < 4.78 is 0. The first-order chi connectivity index (χ1) is 12.4. The van der Waals surface area contributed by atoms with Gasteiger partial charge in [0.05, 0.1) is 12.5 Å². The third-order valence-corrected chi connectivity index (χ3v) is 5.11. The fourth-order valence-electron chi connectivity index (χ4n) is 2.68. The molecule has 2 amide bonds. The maximum atomic E-state index is 12.3. The molecule has 0 aromatic heterocycles. The van der Waals surface area contributed by atoms with Gasteiger partial charge in [0.25, 0.3) is 0 Å². The van der Waals surface area contributed by atoms with Crippen molar-refractivity contribution in [1.29, 1.82) is 0 Å². The molecule has 26 heavy (non-hydrogen) atoms. The third kappa shape index (κ3) is 4.77. The molecule has 2 aromatic carbocycles. The summed E-state index contributed by atoms with van der Waals surface area (Å²) >= 11 is 12.2. The summed E-state index contributed by atoms with van der Waals surface area (Å²) in [5.41, 5.74) is 2.35. The molecular weight excluding hydrogens is 371 g/mol. The first-order valence-electron chi connectivity index (χ1n) is 8.57. The van der Waals surface area contributed by atoms with Crippen molar-refractivity contribution in [1.82, 2.24) is 5.32 Å². The predicted molar refractivity (Wildman–Crippen MR) is 105 cm³/mol. The van der Waals surface area contributed by atoms with Gasteiger partial charge in [0.2, 0.25) is 11.8 Å². The molecule has 1 unspecified atom stereocenters. The summed E-state index contributed by atoms with van der Waals surface area (Å²) in [4.78, 5) is 24.1. The molecule has 1 aliphatic rings. The van der Waals surface area contributed by atoms with E-state index in [2.05, 4.69) is 10.6 Å². The van der Waals surface area contributed by atoms with Crippen molar-refractivity contribution >= 4 is 40.7 Å². The number of amides is 2. The second-order valence-corrected chi connectivity index (χ2v) is 7.37. The fourth-order valence-corrected chi connectivity index (χ4v) is 3.21. The second kappa shape index (κ2) is 8.11. The molecule has 1 saturated carbocycles. The Morgan fingerprint density at radius 3 is 2.27 bits per heavy atom. The Balaban J connectivity index is 1.57. The molecule has 1 fully saturated rings. The lowest BCUT2D eigenvalue weighted by Gasteiger charge is -2.16. The number of nitrogens with one attached hydrogen (secondary N) is 2. The lowest BCUT2D eigenvalue weighted by molar-refractivity contribution is -0.121. The van der Waals surface area contributed by atoms with Crippen LogP contribution < -0.4 is 10.6 Å². The second-order valence-electron chi connectivity index (χ2n) is 6.55. The predicted octanol–water partition coefficient (Wildman–Crippen LogP) is 4.76. The van der Waals surface area contributed by atoms with E-state index in [4.69, 9.17) is 23.2 Å². The fraction of sp³-hybridized carbons (Fsp3) is 0.300. The minimum Gasteiger partial charge on any atom is -0.349 e. The van der Waals surface area contributed by atoms with Crippen molar-refractivity contribution < 1.29 is 9.59 Å². The molecular formula is C20H20Cl2N2O2. The van der Waals surface area contributed by atoms with Crippen LogP contribution in [0.2, 0.25) is 10.0 Å². The molecule has 1 atom stereocenters. The van der Waals surface area contributed by atoms with Crippen molar-refractivity contribution in [3.63, 3.8) is 0 Å². The average Bonchev–Trinajstić information content (AvgIpc) is 3.44. The summed E-state index contributed by atoms with van der Waals surface area (Å²) in [6.45, 7) is 1.91. The van der Waals surface area contributed by atoms with Crippen molar-refractivity contribution in [3.8, 4) is 0 Å². The first-order valence-corrected chi connectivity index (χ1v) is 9.32. The van der Waals surface area contributed by atoms with Crippen LogP contribution in [0, 0.1) is 5.92 Å². The minimum atomic E-state index is -0.169. The Morgan fingerprint density at radius 2 is 1.69 bits per heavy atom. The number of carbonyl (C=O) groups excluding carboxylic acids is 2. The van der Waals surface area contributed by atoms with Gasteiger partial charge in [-0.1, -0.05) is 41.4 Å². The van der Waals surface area contributed by atoms with Crippen LogP contribution in [0.4, 0.5) is 5.69 Å². The van der Waals surface area contributed by atoms with Crippen molar-refractivity contribution in [3.05, 3.63) is 63.6 Å². The molecule has 3 rings (SSSR count). The van der Waals surface area contributed by atoms with E-state index in [0.29, 0.717) is 15.6 Å². The zero-order chi connectivity index (χ0) is 18.7. The van der Waals surface area contributed by atoms with Crippen LogP contribution in [-0.4, -0.2) is 11.8 Å². The normalized spacial score (nSPS) is 14.6. The molecule has 1 aliphatic carbocycles. The SMILES string of the molecule is CC(NC(=O)Cc1c(Cl)cccc1Cl)c1ccc(NC(=O)C2CC2)cc1. The van der Waals surface area contributed by atoms with Gasteiger partial charge in [0, 0.05) is 21.7 Å². The molecule has 6 heteroatoms. The van der Waals surface area contributed by atoms with Gasteiger partial charge in [-0.25, -0.2) is 0 Å². The maximum Gasteiger partial charge on any atom is 0.227 e. The standard InChI is InChI=1S/C20H20Cl2N2O2/c1-12(23-19(25)11-16-17(21)3-2-4-18(16)22)13-7-9-15(10-8-13)24-20(26)14-5-6-14/h2-4,7-10,12,14H,5-6,11H2,1H3,(H,23,25)(H,24,26). The van der Waals surface area contributed by atoms with Crippen molar-refractivity contribution in [2.45, 2.75) is 32.2 Å². The van der Waals surface area contributed by atoms with Crippen LogP contribution in [0.1, 0.15) is 36.9 Å². The average molecular weight is 391 g/mol. The van der Waals surface area contributed by atoms with E-state index in [9.17, 15) is 9.59 Å². The van der Waals surface area contributed by atoms with Crippen LogP contribution in [0.15, 0.2) is 42.5 Å².